The minimum absolute atomic E-state index is 0.0764. The maximum atomic E-state index is 11.0. The Kier molecular flexibility index (Phi) is 3.79. The van der Waals surface area contributed by atoms with E-state index in [0.29, 0.717) is 6.54 Å². The summed E-state index contributed by atoms with van der Waals surface area (Å²) in [5.41, 5.74) is 0. The average Bonchev–Trinajstić information content (AvgIpc) is 1.88. The lowest BCUT2D eigenvalue weighted by atomic mass is 10.7. The van der Waals surface area contributed by atoms with Gasteiger partial charge in [-0.1, -0.05) is 0 Å². The summed E-state index contributed by atoms with van der Waals surface area (Å²) >= 11 is 0. The van der Waals surface area contributed by atoms with E-state index in [9.17, 15) is 4.79 Å². The summed E-state index contributed by atoms with van der Waals surface area (Å²) in [5, 5.41) is 5.89. The van der Waals surface area contributed by atoms with E-state index in [1.807, 2.05) is 21.0 Å². The third kappa shape index (κ3) is 2.23. The van der Waals surface area contributed by atoms with Gasteiger partial charge in [0, 0.05) is 27.7 Å². The normalized spacial score (nSPS) is 9.70. The highest BCUT2D eigenvalue weighted by molar-refractivity contribution is 5.73. The Balaban J connectivity index is 3.93. The Morgan fingerprint density at radius 2 is 2.00 bits per heavy atom. The number of rotatable bonds is 2. The van der Waals surface area contributed by atoms with Gasteiger partial charge in [0.15, 0.2) is 0 Å². The Morgan fingerprint density at radius 3 is 2.10 bits per heavy atom. The monoisotopic (exact) mass is 145 g/mol. The number of carbonyl (C=O) groups is 1. The highest BCUT2D eigenvalue weighted by Crippen LogP contribution is 1.89. The molecule has 0 saturated heterocycles. The first-order valence-corrected chi connectivity index (χ1v) is 3.30. The third-order valence-electron chi connectivity index (χ3n) is 1.23. The van der Waals surface area contributed by atoms with E-state index in [1.54, 1.807) is 17.1 Å². The summed E-state index contributed by atoms with van der Waals surface area (Å²) in [6.45, 7) is 2.61. The molecule has 4 heteroatoms. The van der Waals surface area contributed by atoms with E-state index >= 15 is 0 Å². The van der Waals surface area contributed by atoms with Gasteiger partial charge in [0.25, 0.3) is 0 Å². The molecular weight excluding hydrogens is 130 g/mol. The van der Waals surface area contributed by atoms with Crippen LogP contribution < -0.4 is 5.32 Å². The molecule has 0 rings (SSSR count). The minimum Gasteiger partial charge on any atom is -0.340 e. The van der Waals surface area contributed by atoms with Crippen LogP contribution in [0.5, 0.6) is 0 Å². The van der Waals surface area contributed by atoms with Crippen LogP contribution in [-0.2, 0) is 0 Å². The molecular formula is C6H15N3O. The van der Waals surface area contributed by atoms with Crippen molar-refractivity contribution in [1.29, 1.82) is 0 Å². The number of urea groups is 1. The van der Waals surface area contributed by atoms with Crippen LogP contribution >= 0.6 is 0 Å². The average molecular weight is 145 g/mol. The van der Waals surface area contributed by atoms with Gasteiger partial charge in [-0.05, 0) is 6.92 Å². The lowest BCUT2D eigenvalue weighted by molar-refractivity contribution is 0.0692. The van der Waals surface area contributed by atoms with Crippen molar-refractivity contribution in [2.24, 2.45) is 0 Å². The van der Waals surface area contributed by atoms with Crippen molar-refractivity contribution in [3.05, 3.63) is 0 Å². The van der Waals surface area contributed by atoms with Crippen molar-refractivity contribution < 1.29 is 4.79 Å². The molecule has 2 amide bonds. The summed E-state index contributed by atoms with van der Waals surface area (Å²) in [7, 11) is 5.28. The molecule has 10 heavy (non-hydrogen) atoms. The summed E-state index contributed by atoms with van der Waals surface area (Å²) in [4.78, 5) is 11.0. The third-order valence-corrected chi connectivity index (χ3v) is 1.23. The summed E-state index contributed by atoms with van der Waals surface area (Å²) in [6.07, 6.45) is 0. The summed E-state index contributed by atoms with van der Waals surface area (Å²) in [5.74, 6) is 0. The minimum atomic E-state index is -0.0764. The zero-order valence-corrected chi connectivity index (χ0v) is 7.01. The number of hydrogen-bond acceptors (Lipinski definition) is 2. The van der Waals surface area contributed by atoms with Crippen LogP contribution in [0.2, 0.25) is 0 Å². The second kappa shape index (κ2) is 4.11. The van der Waals surface area contributed by atoms with Gasteiger partial charge in [-0.2, -0.15) is 0 Å². The zero-order chi connectivity index (χ0) is 8.15. The number of nitrogens with zero attached hydrogens (tertiary/aromatic N) is 2. The van der Waals surface area contributed by atoms with Gasteiger partial charge >= 0.3 is 6.03 Å². The molecule has 0 aliphatic carbocycles. The van der Waals surface area contributed by atoms with Crippen molar-refractivity contribution in [2.45, 2.75) is 6.92 Å². The highest BCUT2D eigenvalue weighted by atomic mass is 16.2. The van der Waals surface area contributed by atoms with Crippen molar-refractivity contribution >= 4 is 6.03 Å². The second-order valence-corrected chi connectivity index (χ2v) is 2.12. The molecule has 0 aliphatic heterocycles. The smallest absolute Gasteiger partial charge is 0.331 e. The van der Waals surface area contributed by atoms with Crippen molar-refractivity contribution in [3.63, 3.8) is 0 Å². The first-order chi connectivity index (χ1) is 4.63. The Hall–Kier alpha value is -0.770. The predicted octanol–water partition coefficient (Wildman–Crippen LogP) is 0.124. The van der Waals surface area contributed by atoms with Crippen molar-refractivity contribution in [1.82, 2.24) is 15.3 Å². The van der Waals surface area contributed by atoms with E-state index < -0.39 is 0 Å². The van der Waals surface area contributed by atoms with Crippen LogP contribution in [0.4, 0.5) is 4.79 Å². The maximum absolute atomic E-state index is 11.0. The van der Waals surface area contributed by atoms with Crippen LogP contribution in [0.15, 0.2) is 0 Å². The molecule has 4 nitrogen and oxygen atoms in total. The number of amides is 2. The van der Waals surface area contributed by atoms with Crippen LogP contribution in [-0.4, -0.2) is 43.7 Å². The van der Waals surface area contributed by atoms with Crippen LogP contribution in [0.1, 0.15) is 6.92 Å². The van der Waals surface area contributed by atoms with Gasteiger partial charge < -0.3 is 5.32 Å². The first kappa shape index (κ1) is 9.23. The first-order valence-electron chi connectivity index (χ1n) is 3.30. The standard InChI is InChI=1S/C6H15N3O/c1-5-9(8(3)4)6(10)7-2/h5H2,1-4H3,(H,7,10). The van der Waals surface area contributed by atoms with Gasteiger partial charge in [-0.15, -0.1) is 0 Å². The zero-order valence-electron chi connectivity index (χ0n) is 7.01. The molecule has 1 N–H and O–H groups in total. The SMILES string of the molecule is CCN(C(=O)NC)N(C)C. The van der Waals surface area contributed by atoms with E-state index in [2.05, 4.69) is 5.32 Å². The van der Waals surface area contributed by atoms with E-state index in [-0.39, 0.29) is 6.03 Å². The van der Waals surface area contributed by atoms with Crippen molar-refractivity contribution in [3.8, 4) is 0 Å². The highest BCUT2D eigenvalue weighted by Gasteiger charge is 2.09. The number of carbonyl (C=O) groups excluding carboxylic acids is 1. The lowest BCUT2D eigenvalue weighted by Gasteiger charge is -2.26. The molecule has 0 aromatic carbocycles. The fourth-order valence-corrected chi connectivity index (χ4v) is 0.737. The number of nitrogens with one attached hydrogen (secondary N) is 1. The summed E-state index contributed by atoms with van der Waals surface area (Å²) in [6, 6.07) is -0.0764. The molecule has 0 fully saturated rings. The topological polar surface area (TPSA) is 35.6 Å². The van der Waals surface area contributed by atoms with Gasteiger partial charge in [-0.3, -0.25) is 5.01 Å². The molecule has 0 atom stereocenters. The fourth-order valence-electron chi connectivity index (χ4n) is 0.737. The maximum Gasteiger partial charge on any atom is 0.331 e. The molecule has 60 valence electrons. The lowest BCUT2D eigenvalue weighted by Crippen LogP contribution is -2.46. The largest absolute Gasteiger partial charge is 0.340 e. The molecule has 0 heterocycles. The molecule has 0 aromatic heterocycles. The molecule has 0 unspecified atom stereocenters. The van der Waals surface area contributed by atoms with Gasteiger partial charge in [0.1, 0.15) is 0 Å². The van der Waals surface area contributed by atoms with Crippen LogP contribution in [0, 0.1) is 0 Å². The van der Waals surface area contributed by atoms with Crippen molar-refractivity contribution in [2.75, 3.05) is 27.7 Å². The van der Waals surface area contributed by atoms with Crippen LogP contribution in [0.25, 0.3) is 0 Å². The Bertz CT molecular complexity index is 114. The molecule has 0 aromatic rings. The van der Waals surface area contributed by atoms with E-state index in [1.165, 1.54) is 0 Å². The summed E-state index contributed by atoms with van der Waals surface area (Å²) < 4.78 is 0. The Labute approximate surface area is 61.8 Å². The Morgan fingerprint density at radius 1 is 1.50 bits per heavy atom. The predicted molar refractivity (Wildman–Crippen MR) is 40.5 cm³/mol. The molecule has 0 saturated carbocycles. The van der Waals surface area contributed by atoms with E-state index in [0.717, 1.165) is 0 Å². The van der Waals surface area contributed by atoms with Crippen LogP contribution in [0.3, 0.4) is 0 Å². The molecule has 0 bridgehead atoms. The van der Waals surface area contributed by atoms with E-state index in [4.69, 9.17) is 0 Å². The fraction of sp³-hybridized carbons (Fsp3) is 0.833. The molecule has 0 spiro atoms. The molecule has 0 aliphatic rings. The number of hydrogen-bond donors (Lipinski definition) is 1. The van der Waals surface area contributed by atoms with Gasteiger partial charge in [0.05, 0.1) is 0 Å². The van der Waals surface area contributed by atoms with Gasteiger partial charge in [0.2, 0.25) is 0 Å². The molecule has 0 radical (unpaired) electrons. The second-order valence-electron chi connectivity index (χ2n) is 2.12. The van der Waals surface area contributed by atoms with Gasteiger partial charge in [-0.25, -0.2) is 9.80 Å². The number of hydrazine groups is 1. The quantitative estimate of drug-likeness (QED) is 0.560.